The summed E-state index contributed by atoms with van der Waals surface area (Å²) in [6.07, 6.45) is 18.8. The van der Waals surface area contributed by atoms with Crippen LogP contribution >= 0.6 is 0 Å². The van der Waals surface area contributed by atoms with E-state index in [1.54, 1.807) is 0 Å². The fourth-order valence-corrected chi connectivity index (χ4v) is 5.51. The maximum Gasteiger partial charge on any atom is 0.308 e. The summed E-state index contributed by atoms with van der Waals surface area (Å²) in [4.78, 5) is 11.7. The third kappa shape index (κ3) is 19.9. The van der Waals surface area contributed by atoms with Crippen molar-refractivity contribution in [3.05, 3.63) is 35.9 Å². The van der Waals surface area contributed by atoms with Gasteiger partial charge in [-0.25, -0.2) is 0 Å². The summed E-state index contributed by atoms with van der Waals surface area (Å²) in [7, 11) is 0. The van der Waals surface area contributed by atoms with E-state index in [4.69, 9.17) is 9.84 Å². The molecule has 0 aliphatic heterocycles. The highest BCUT2D eigenvalue weighted by Gasteiger charge is 2.24. The number of esters is 1. The maximum absolute atomic E-state index is 11.7. The van der Waals surface area contributed by atoms with Crippen LogP contribution in [0.2, 0.25) is 0 Å². The lowest BCUT2D eigenvalue weighted by Gasteiger charge is -2.38. The normalized spacial score (nSPS) is 12.6. The molecule has 0 fully saturated rings. The highest BCUT2D eigenvalue weighted by Crippen LogP contribution is 2.27. The molecule has 0 saturated carbocycles. The Morgan fingerprint density at radius 2 is 1.25 bits per heavy atom. The van der Waals surface area contributed by atoms with Gasteiger partial charge in [-0.2, -0.15) is 0 Å². The predicted octanol–water partition coefficient (Wildman–Crippen LogP) is 6.31. The Hall–Kier alpha value is -1.10. The zero-order valence-corrected chi connectivity index (χ0v) is 28.0. The van der Waals surface area contributed by atoms with Gasteiger partial charge < -0.3 is 26.7 Å². The third-order valence-corrected chi connectivity index (χ3v) is 8.27. The molecule has 236 valence electrons. The molecule has 1 rings (SSSR count). The summed E-state index contributed by atoms with van der Waals surface area (Å²) >= 11 is 0. The van der Waals surface area contributed by atoms with Gasteiger partial charge in [0.15, 0.2) is 0 Å². The molecule has 0 radical (unpaired) electrons. The van der Waals surface area contributed by atoms with Crippen LogP contribution in [0.5, 0.6) is 0 Å². The van der Waals surface area contributed by atoms with Gasteiger partial charge in [-0.3, -0.25) is 4.79 Å². The number of aliphatic hydroxyl groups excluding tert-OH is 1. The summed E-state index contributed by atoms with van der Waals surface area (Å²) in [5, 5.41) is 8.63. The fraction of sp³-hybridized carbons (Fsp3) is 0.800. The molecule has 0 heterocycles. The van der Waals surface area contributed by atoms with Crippen molar-refractivity contribution in [2.24, 2.45) is 5.92 Å². The number of rotatable bonds is 23. The second kappa shape index (κ2) is 28.0. The van der Waals surface area contributed by atoms with E-state index in [0.29, 0.717) is 5.92 Å². The van der Waals surface area contributed by atoms with Crippen LogP contribution < -0.4 is 12.4 Å². The number of carbonyl (C=O) groups is 1. The molecular weight excluding hydrogens is 518 g/mol. The topological polar surface area (TPSA) is 46.5 Å². The van der Waals surface area contributed by atoms with E-state index in [-0.39, 0.29) is 37.5 Å². The number of halogens is 1. The number of aliphatic hydroxyl groups is 1. The molecule has 0 amide bonds. The third-order valence-electron chi connectivity index (χ3n) is 8.27. The van der Waals surface area contributed by atoms with E-state index < -0.39 is 0 Å². The predicted molar refractivity (Wildman–Crippen MR) is 169 cm³/mol. The average Bonchev–Trinajstić information content (AvgIpc) is 2.97. The van der Waals surface area contributed by atoms with Crippen molar-refractivity contribution in [3.8, 4) is 0 Å². The first-order valence-corrected chi connectivity index (χ1v) is 16.6. The lowest BCUT2D eigenvalue weighted by molar-refractivity contribution is -0.927. The molecule has 4 nitrogen and oxygen atoms in total. The molecule has 0 bridgehead atoms. The number of hydrogen-bond acceptors (Lipinski definition) is 3. The highest BCUT2D eigenvalue weighted by molar-refractivity contribution is 5.72. The first-order valence-electron chi connectivity index (χ1n) is 16.6. The number of hydrogen-bond donors (Lipinski definition) is 1. The van der Waals surface area contributed by atoms with Gasteiger partial charge in [-0.1, -0.05) is 103 Å². The average molecular weight is 584 g/mol. The molecule has 1 aromatic carbocycles. The van der Waals surface area contributed by atoms with Gasteiger partial charge in [-0.15, -0.1) is 0 Å². The van der Waals surface area contributed by atoms with Crippen LogP contribution in [-0.4, -0.2) is 55.0 Å². The summed E-state index contributed by atoms with van der Waals surface area (Å²) in [5.41, 5.74) is 1.27. The van der Waals surface area contributed by atoms with Gasteiger partial charge in [0.25, 0.3) is 0 Å². The van der Waals surface area contributed by atoms with E-state index in [2.05, 4.69) is 46.8 Å². The highest BCUT2D eigenvalue weighted by atomic mass is 35.5. The van der Waals surface area contributed by atoms with Gasteiger partial charge in [0.05, 0.1) is 38.7 Å². The number of nitrogens with zero attached hydrogens (tertiary/aromatic N) is 1. The fourth-order valence-electron chi connectivity index (χ4n) is 5.51. The molecule has 0 aromatic heterocycles. The molecular formula is C35H66ClNO3. The molecule has 0 aliphatic rings. The van der Waals surface area contributed by atoms with Gasteiger partial charge in [0, 0.05) is 0 Å². The van der Waals surface area contributed by atoms with E-state index in [0.717, 1.165) is 12.8 Å². The zero-order valence-electron chi connectivity index (χ0n) is 27.3. The lowest BCUT2D eigenvalue weighted by atomic mass is 9.88. The smallest absolute Gasteiger partial charge is 0.308 e. The first-order chi connectivity index (χ1) is 18.9. The maximum atomic E-state index is 11.7. The number of carbonyl (C=O) groups excluding carboxylic acids is 1. The van der Waals surface area contributed by atoms with Crippen molar-refractivity contribution in [3.63, 3.8) is 0 Å². The van der Waals surface area contributed by atoms with Crippen molar-refractivity contribution in [2.45, 2.75) is 137 Å². The van der Waals surface area contributed by atoms with Gasteiger partial charge >= 0.3 is 5.97 Å². The molecule has 40 heavy (non-hydrogen) atoms. The van der Waals surface area contributed by atoms with E-state index >= 15 is 0 Å². The van der Waals surface area contributed by atoms with Gasteiger partial charge in [-0.05, 0) is 69.8 Å². The minimum absolute atomic E-state index is 0. The van der Waals surface area contributed by atoms with Crippen LogP contribution in [-0.2, 0) is 9.53 Å². The Bertz CT molecular complexity index is 639. The SMILES string of the molecule is CCC(CC(C)C(=O)OCCO)c1ccccc1.CCCCCC[N+](CC)(CCCCCC)CCCCCC.[Cl-]. The van der Waals surface area contributed by atoms with Crippen LogP contribution in [0.3, 0.4) is 0 Å². The molecule has 0 saturated heterocycles. The summed E-state index contributed by atoms with van der Waals surface area (Å²) in [6.45, 7) is 19.0. The summed E-state index contributed by atoms with van der Waals surface area (Å²) in [5.74, 6) is 0.0167. The van der Waals surface area contributed by atoms with Crippen molar-refractivity contribution in [1.29, 1.82) is 0 Å². The number of unbranched alkanes of at least 4 members (excludes halogenated alkanes) is 9. The van der Waals surface area contributed by atoms with Crippen LogP contribution in [0.15, 0.2) is 30.3 Å². The van der Waals surface area contributed by atoms with Gasteiger partial charge in [0.1, 0.15) is 6.61 Å². The zero-order chi connectivity index (χ0) is 29.2. The Morgan fingerprint density at radius 1 is 0.775 bits per heavy atom. The van der Waals surface area contributed by atoms with Crippen LogP contribution in [0, 0.1) is 5.92 Å². The van der Waals surface area contributed by atoms with Crippen LogP contribution in [0.1, 0.15) is 143 Å². The quantitative estimate of drug-likeness (QED) is 0.0933. The molecule has 2 unspecified atom stereocenters. The molecule has 5 heteroatoms. The molecule has 0 spiro atoms. The van der Waals surface area contributed by atoms with E-state index in [1.807, 2.05) is 25.1 Å². The molecule has 1 N–H and O–H groups in total. The summed E-state index contributed by atoms with van der Waals surface area (Å²) < 4.78 is 6.36. The molecule has 1 aromatic rings. The lowest BCUT2D eigenvalue weighted by Crippen LogP contribution is -3.00. The minimum atomic E-state index is -0.224. The Morgan fingerprint density at radius 3 is 1.62 bits per heavy atom. The van der Waals surface area contributed by atoms with E-state index in [1.165, 1.54) is 113 Å². The standard InChI is InChI=1S/C20H44N.C15H22O3.ClH/c1-5-9-12-15-18-21(8-4,19-16-13-10-6-2)20-17-14-11-7-3;1-3-13(14-7-5-4-6-8-14)11-12(2)15(17)18-10-9-16;/h5-20H2,1-4H3;4-8,12-13,16H,3,9-11H2,1-2H3;1H/q+1;;/p-1. The van der Waals surface area contributed by atoms with Crippen molar-refractivity contribution in [2.75, 3.05) is 39.4 Å². The van der Waals surface area contributed by atoms with E-state index in [9.17, 15) is 4.79 Å². The monoisotopic (exact) mass is 583 g/mol. The molecule has 0 aliphatic carbocycles. The Kier molecular flexibility index (Phi) is 28.8. The number of ether oxygens (including phenoxy) is 1. The van der Waals surface area contributed by atoms with Crippen LogP contribution in [0.25, 0.3) is 0 Å². The summed E-state index contributed by atoms with van der Waals surface area (Å²) in [6, 6.07) is 10.2. The second-order valence-corrected chi connectivity index (χ2v) is 11.6. The Labute approximate surface area is 255 Å². The molecule has 2 atom stereocenters. The van der Waals surface area contributed by atoms with Crippen molar-refractivity contribution in [1.82, 2.24) is 0 Å². The second-order valence-electron chi connectivity index (χ2n) is 11.6. The number of quaternary nitrogens is 1. The van der Waals surface area contributed by atoms with Crippen molar-refractivity contribution >= 4 is 5.97 Å². The first kappa shape index (κ1) is 41.0. The minimum Gasteiger partial charge on any atom is -1.00 e. The van der Waals surface area contributed by atoms with Gasteiger partial charge in [0.2, 0.25) is 0 Å². The largest absolute Gasteiger partial charge is 1.00 e. The Balaban J connectivity index is 0. The van der Waals surface area contributed by atoms with Crippen LogP contribution in [0.4, 0.5) is 0 Å². The van der Waals surface area contributed by atoms with Crippen molar-refractivity contribution < 1.29 is 31.5 Å². The number of benzene rings is 1.